The molecule has 112 valence electrons. The highest BCUT2D eigenvalue weighted by Gasteiger charge is 2.32. The van der Waals surface area contributed by atoms with E-state index in [0.717, 1.165) is 25.7 Å². The van der Waals surface area contributed by atoms with Gasteiger partial charge in [-0.2, -0.15) is 0 Å². The number of hydrogen-bond donors (Lipinski definition) is 0. The van der Waals surface area contributed by atoms with Crippen molar-refractivity contribution in [1.29, 1.82) is 0 Å². The highest BCUT2D eigenvalue weighted by Crippen LogP contribution is 2.41. The topological polar surface area (TPSA) is 17.1 Å². The molecule has 0 aliphatic heterocycles. The SMILES string of the molecule is CCCCC1=C(C(=C2CCC2)[Si](C)(C)C)CCCC1=O. The van der Waals surface area contributed by atoms with Crippen molar-refractivity contribution < 1.29 is 4.79 Å². The maximum atomic E-state index is 12.4. The van der Waals surface area contributed by atoms with Gasteiger partial charge in [-0.05, 0) is 56.1 Å². The molecule has 0 heterocycles. The lowest BCUT2D eigenvalue weighted by molar-refractivity contribution is -0.116. The van der Waals surface area contributed by atoms with Crippen LogP contribution in [0.25, 0.3) is 0 Å². The van der Waals surface area contributed by atoms with Crippen molar-refractivity contribution in [2.75, 3.05) is 0 Å². The number of hydrogen-bond acceptors (Lipinski definition) is 1. The van der Waals surface area contributed by atoms with Crippen LogP contribution in [0.4, 0.5) is 0 Å². The average Bonchev–Trinajstić information content (AvgIpc) is 2.30. The summed E-state index contributed by atoms with van der Waals surface area (Å²) in [5, 5.41) is 1.68. The van der Waals surface area contributed by atoms with Gasteiger partial charge >= 0.3 is 0 Å². The van der Waals surface area contributed by atoms with Crippen LogP contribution in [-0.2, 0) is 4.79 Å². The fraction of sp³-hybridized carbons (Fsp3) is 0.722. The average molecular weight is 291 g/mol. The van der Waals surface area contributed by atoms with Crippen molar-refractivity contribution in [2.45, 2.75) is 84.4 Å². The molecule has 0 spiro atoms. The molecule has 0 bridgehead atoms. The minimum atomic E-state index is -1.35. The number of ketones is 1. The van der Waals surface area contributed by atoms with E-state index in [1.807, 2.05) is 0 Å². The number of carbonyl (C=O) groups is 1. The van der Waals surface area contributed by atoms with E-state index in [4.69, 9.17) is 0 Å². The minimum Gasteiger partial charge on any atom is -0.295 e. The van der Waals surface area contributed by atoms with E-state index in [2.05, 4.69) is 26.6 Å². The summed E-state index contributed by atoms with van der Waals surface area (Å²) in [4.78, 5) is 12.4. The van der Waals surface area contributed by atoms with Gasteiger partial charge in [-0.25, -0.2) is 0 Å². The number of allylic oxidation sites excluding steroid dienone is 4. The van der Waals surface area contributed by atoms with E-state index in [-0.39, 0.29) is 0 Å². The predicted molar refractivity (Wildman–Crippen MR) is 89.6 cm³/mol. The Balaban J connectivity index is 2.45. The van der Waals surface area contributed by atoms with Gasteiger partial charge in [-0.3, -0.25) is 4.79 Å². The summed E-state index contributed by atoms with van der Waals surface area (Å²) in [5.41, 5.74) is 4.42. The van der Waals surface area contributed by atoms with Gasteiger partial charge in [-0.1, -0.05) is 43.8 Å². The van der Waals surface area contributed by atoms with Gasteiger partial charge in [0.25, 0.3) is 0 Å². The van der Waals surface area contributed by atoms with Crippen molar-refractivity contribution >= 4 is 13.9 Å². The highest BCUT2D eigenvalue weighted by atomic mass is 28.3. The van der Waals surface area contributed by atoms with Crippen LogP contribution in [0, 0.1) is 0 Å². The molecule has 0 aromatic rings. The molecule has 1 saturated carbocycles. The van der Waals surface area contributed by atoms with Gasteiger partial charge in [-0.15, -0.1) is 0 Å². The summed E-state index contributed by atoms with van der Waals surface area (Å²) in [7, 11) is -1.35. The first kappa shape index (κ1) is 15.8. The lowest BCUT2D eigenvalue weighted by Crippen LogP contribution is -2.31. The number of Topliss-reactive ketones (excluding diaryl/α,β-unsaturated/α-hetero) is 1. The Morgan fingerprint density at radius 3 is 2.20 bits per heavy atom. The smallest absolute Gasteiger partial charge is 0.159 e. The molecule has 20 heavy (non-hydrogen) atoms. The lowest BCUT2D eigenvalue weighted by atomic mass is 9.83. The molecular formula is C18H30OSi. The maximum absolute atomic E-state index is 12.4. The van der Waals surface area contributed by atoms with Crippen LogP contribution in [0.15, 0.2) is 21.9 Å². The molecule has 0 atom stereocenters. The number of rotatable bonds is 5. The Bertz CT molecular complexity index is 443. The van der Waals surface area contributed by atoms with Crippen molar-refractivity contribution in [3.8, 4) is 0 Å². The van der Waals surface area contributed by atoms with E-state index < -0.39 is 8.07 Å². The molecule has 1 nitrogen and oxygen atoms in total. The monoisotopic (exact) mass is 290 g/mol. The third kappa shape index (κ3) is 3.33. The van der Waals surface area contributed by atoms with Crippen LogP contribution in [0.3, 0.4) is 0 Å². The van der Waals surface area contributed by atoms with E-state index in [9.17, 15) is 4.79 Å². The molecule has 2 rings (SSSR count). The quantitative estimate of drug-likeness (QED) is 0.604. The highest BCUT2D eigenvalue weighted by molar-refractivity contribution is 6.84. The minimum absolute atomic E-state index is 0.454. The predicted octanol–water partition coefficient (Wildman–Crippen LogP) is 5.58. The molecule has 0 amide bonds. The summed E-state index contributed by atoms with van der Waals surface area (Å²) >= 11 is 0. The van der Waals surface area contributed by atoms with Crippen LogP contribution in [0.1, 0.15) is 64.7 Å². The van der Waals surface area contributed by atoms with Crippen LogP contribution in [0.2, 0.25) is 19.6 Å². The van der Waals surface area contributed by atoms with E-state index in [0.29, 0.717) is 5.78 Å². The van der Waals surface area contributed by atoms with Gasteiger partial charge in [0.15, 0.2) is 5.78 Å². The third-order valence-electron chi connectivity index (χ3n) is 4.67. The Hall–Kier alpha value is -0.633. The second-order valence-corrected chi connectivity index (χ2v) is 12.4. The molecular weight excluding hydrogens is 260 g/mol. The first-order chi connectivity index (χ1) is 9.45. The second-order valence-electron chi connectivity index (χ2n) is 7.42. The molecule has 2 aliphatic carbocycles. The van der Waals surface area contributed by atoms with Crippen LogP contribution in [-0.4, -0.2) is 13.9 Å². The van der Waals surface area contributed by atoms with Gasteiger partial charge in [0, 0.05) is 6.42 Å². The standard InChI is InChI=1S/C18H30OSi/c1-5-6-11-15-16(12-8-13-17(15)19)18(20(2,3)4)14-9-7-10-14/h5-13H2,1-4H3. The van der Waals surface area contributed by atoms with Crippen LogP contribution < -0.4 is 0 Å². The first-order valence-electron chi connectivity index (χ1n) is 8.43. The van der Waals surface area contributed by atoms with Crippen molar-refractivity contribution in [2.24, 2.45) is 0 Å². The van der Waals surface area contributed by atoms with E-state index in [1.165, 1.54) is 43.3 Å². The molecule has 1 fully saturated rings. The summed E-state index contributed by atoms with van der Waals surface area (Å²) in [5.74, 6) is 0.454. The van der Waals surface area contributed by atoms with Crippen LogP contribution in [0.5, 0.6) is 0 Å². The largest absolute Gasteiger partial charge is 0.295 e. The zero-order valence-corrected chi connectivity index (χ0v) is 14.8. The molecule has 0 unspecified atom stereocenters. The van der Waals surface area contributed by atoms with Crippen molar-refractivity contribution in [3.05, 3.63) is 21.9 Å². The van der Waals surface area contributed by atoms with Gasteiger partial charge in [0.2, 0.25) is 0 Å². The fourth-order valence-corrected chi connectivity index (χ4v) is 6.11. The van der Waals surface area contributed by atoms with Gasteiger partial charge in [0.1, 0.15) is 0 Å². The molecule has 0 aromatic heterocycles. The van der Waals surface area contributed by atoms with Gasteiger partial charge in [0.05, 0.1) is 8.07 Å². The zero-order valence-electron chi connectivity index (χ0n) is 13.8. The van der Waals surface area contributed by atoms with Crippen LogP contribution >= 0.6 is 0 Å². The van der Waals surface area contributed by atoms with Crippen molar-refractivity contribution in [1.82, 2.24) is 0 Å². The van der Waals surface area contributed by atoms with E-state index >= 15 is 0 Å². The lowest BCUT2D eigenvalue weighted by Gasteiger charge is -2.34. The molecule has 0 radical (unpaired) electrons. The fourth-order valence-electron chi connectivity index (χ4n) is 3.62. The molecule has 0 aromatic carbocycles. The maximum Gasteiger partial charge on any atom is 0.159 e. The normalized spacial score (nSPS) is 20.2. The number of unbranched alkanes of at least 4 members (excludes halogenated alkanes) is 1. The van der Waals surface area contributed by atoms with Crippen molar-refractivity contribution in [3.63, 3.8) is 0 Å². The molecule has 0 saturated heterocycles. The Labute approximate surface area is 125 Å². The Morgan fingerprint density at radius 1 is 1.05 bits per heavy atom. The van der Waals surface area contributed by atoms with Gasteiger partial charge < -0.3 is 0 Å². The Kier molecular flexibility index (Phi) is 5.06. The summed E-state index contributed by atoms with van der Waals surface area (Å²) in [6.45, 7) is 9.59. The Morgan fingerprint density at radius 2 is 1.70 bits per heavy atom. The molecule has 2 aliphatic rings. The summed E-state index contributed by atoms with van der Waals surface area (Å²) < 4.78 is 0. The first-order valence-corrected chi connectivity index (χ1v) is 11.9. The number of carbonyl (C=O) groups excluding carboxylic acids is 1. The molecule has 0 N–H and O–H groups in total. The summed E-state index contributed by atoms with van der Waals surface area (Å²) in [6.07, 6.45) is 10.3. The second kappa shape index (κ2) is 6.42. The molecule has 2 heteroatoms. The zero-order chi connectivity index (χ0) is 14.8. The third-order valence-corrected chi connectivity index (χ3v) is 6.83. The summed E-state index contributed by atoms with van der Waals surface area (Å²) in [6, 6.07) is 0. The van der Waals surface area contributed by atoms with E-state index in [1.54, 1.807) is 10.8 Å².